The van der Waals surface area contributed by atoms with Crippen molar-refractivity contribution in [3.8, 4) is 0 Å². The van der Waals surface area contributed by atoms with E-state index in [0.717, 1.165) is 42.4 Å². The van der Waals surface area contributed by atoms with Gasteiger partial charge in [-0.15, -0.1) is 0 Å². The molecule has 0 saturated heterocycles. The molecule has 2 rings (SSSR count). The van der Waals surface area contributed by atoms with Gasteiger partial charge >= 0.3 is 0 Å². The van der Waals surface area contributed by atoms with Crippen molar-refractivity contribution < 1.29 is 4.52 Å². The van der Waals surface area contributed by atoms with Gasteiger partial charge in [-0.25, -0.2) is 0 Å². The van der Waals surface area contributed by atoms with Crippen LogP contribution in [0.5, 0.6) is 0 Å². The van der Waals surface area contributed by atoms with Crippen molar-refractivity contribution in [2.45, 2.75) is 39.3 Å². The minimum atomic E-state index is 0.204. The third kappa shape index (κ3) is 4.85. The predicted molar refractivity (Wildman–Crippen MR) is 103 cm³/mol. The first-order valence-corrected chi connectivity index (χ1v) is 9.05. The Morgan fingerprint density at radius 1 is 1.31 bits per heavy atom. The van der Waals surface area contributed by atoms with Crippen LogP contribution < -0.4 is 10.6 Å². The third-order valence-electron chi connectivity index (χ3n) is 4.46. The minimum Gasteiger partial charge on any atom is -0.361 e. The van der Waals surface area contributed by atoms with E-state index in [4.69, 9.17) is 4.52 Å². The highest BCUT2D eigenvalue weighted by Gasteiger charge is 2.17. The lowest BCUT2D eigenvalue weighted by atomic mass is 10.1. The molecule has 0 aromatic carbocycles. The van der Waals surface area contributed by atoms with E-state index in [1.165, 1.54) is 5.56 Å². The van der Waals surface area contributed by atoms with Gasteiger partial charge in [-0.3, -0.25) is 9.67 Å². The summed E-state index contributed by atoms with van der Waals surface area (Å²) in [7, 11) is 7.83. The van der Waals surface area contributed by atoms with Crippen LogP contribution in [0.4, 0.5) is 0 Å². The van der Waals surface area contributed by atoms with E-state index in [0.29, 0.717) is 6.54 Å². The lowest BCUT2D eigenvalue weighted by molar-refractivity contribution is 0.298. The normalized spacial score (nSPS) is 13.3. The van der Waals surface area contributed by atoms with E-state index < -0.39 is 0 Å². The number of nitrogens with zero attached hydrogens (tertiary/aromatic N) is 5. The summed E-state index contributed by atoms with van der Waals surface area (Å²) in [6.07, 6.45) is 5.64. The molecule has 2 heterocycles. The van der Waals surface area contributed by atoms with Gasteiger partial charge in [0.2, 0.25) is 0 Å². The molecule has 1 atom stereocenters. The zero-order chi connectivity index (χ0) is 19.1. The van der Waals surface area contributed by atoms with Crippen LogP contribution >= 0.6 is 0 Å². The molecule has 0 spiro atoms. The minimum absolute atomic E-state index is 0.204. The molecule has 0 saturated carbocycles. The van der Waals surface area contributed by atoms with Crippen LogP contribution in [0.3, 0.4) is 0 Å². The van der Waals surface area contributed by atoms with Crippen LogP contribution in [0.25, 0.3) is 0 Å². The summed E-state index contributed by atoms with van der Waals surface area (Å²) in [5.41, 5.74) is 3.31. The molecule has 8 nitrogen and oxygen atoms in total. The van der Waals surface area contributed by atoms with Crippen molar-refractivity contribution in [2.24, 2.45) is 12.0 Å². The number of likely N-dealkylation sites (N-methyl/N-ethyl adjacent to an activating group) is 1. The van der Waals surface area contributed by atoms with Crippen LogP contribution in [0.2, 0.25) is 0 Å². The molecule has 2 aromatic rings. The Labute approximate surface area is 155 Å². The Morgan fingerprint density at radius 3 is 2.62 bits per heavy atom. The van der Waals surface area contributed by atoms with Crippen LogP contribution in [-0.2, 0) is 26.4 Å². The van der Waals surface area contributed by atoms with Gasteiger partial charge in [0.25, 0.3) is 0 Å². The van der Waals surface area contributed by atoms with Crippen LogP contribution in [0.15, 0.2) is 21.9 Å². The highest BCUT2D eigenvalue weighted by atomic mass is 16.5. The quantitative estimate of drug-likeness (QED) is 0.548. The largest absolute Gasteiger partial charge is 0.361 e. The van der Waals surface area contributed by atoms with Crippen molar-refractivity contribution in [1.82, 2.24) is 30.5 Å². The molecule has 0 bridgehead atoms. The lowest BCUT2D eigenvalue weighted by Crippen LogP contribution is -2.41. The smallest absolute Gasteiger partial charge is 0.191 e. The Balaban J connectivity index is 1.98. The second kappa shape index (κ2) is 9.38. The Kier molecular flexibility index (Phi) is 7.20. The van der Waals surface area contributed by atoms with E-state index in [-0.39, 0.29) is 6.04 Å². The molecule has 1 unspecified atom stereocenters. The van der Waals surface area contributed by atoms with Gasteiger partial charge in [-0.1, -0.05) is 19.0 Å². The van der Waals surface area contributed by atoms with Crippen molar-refractivity contribution >= 4 is 5.96 Å². The van der Waals surface area contributed by atoms with Gasteiger partial charge in [-0.05, 0) is 20.5 Å². The Morgan fingerprint density at radius 2 is 2.08 bits per heavy atom. The van der Waals surface area contributed by atoms with Gasteiger partial charge < -0.3 is 20.1 Å². The number of guanidine groups is 1. The average molecular weight is 361 g/mol. The molecule has 2 aromatic heterocycles. The van der Waals surface area contributed by atoms with E-state index in [9.17, 15) is 0 Å². The summed E-state index contributed by atoms with van der Waals surface area (Å²) in [5.74, 6) is 1.69. The maximum Gasteiger partial charge on any atom is 0.191 e. The third-order valence-corrected chi connectivity index (χ3v) is 4.46. The number of aryl methyl sites for hydroxylation is 3. The van der Waals surface area contributed by atoms with E-state index in [1.54, 1.807) is 7.05 Å². The SMILES string of the molecule is CCc1noc(CC)c1CNC(=NC)NCC(c1cnn(C)c1)N(C)C. The topological polar surface area (TPSA) is 83.5 Å². The standard InChI is InChI=1S/C18H31N7O/c1-7-15-14(17(8-2)26-23-15)10-20-18(19-3)21-11-16(24(4)5)13-9-22-25(6)12-13/h9,12,16H,7-8,10-11H2,1-6H3,(H2,19,20,21). The molecular weight excluding hydrogens is 330 g/mol. The Bertz CT molecular complexity index is 695. The Hall–Kier alpha value is -2.35. The first kappa shape index (κ1) is 20.0. The summed E-state index contributed by atoms with van der Waals surface area (Å²) < 4.78 is 7.25. The second-order valence-electron chi connectivity index (χ2n) is 6.47. The number of aromatic nitrogens is 3. The van der Waals surface area contributed by atoms with E-state index in [2.05, 4.69) is 58.7 Å². The average Bonchev–Trinajstić information content (AvgIpc) is 3.23. The van der Waals surface area contributed by atoms with Crippen LogP contribution in [0.1, 0.15) is 42.5 Å². The van der Waals surface area contributed by atoms with Gasteiger partial charge in [0.05, 0.1) is 17.9 Å². The maximum absolute atomic E-state index is 5.43. The van der Waals surface area contributed by atoms with Crippen LogP contribution in [0, 0.1) is 0 Å². The summed E-state index contributed by atoms with van der Waals surface area (Å²) in [6.45, 7) is 5.54. The summed E-state index contributed by atoms with van der Waals surface area (Å²) in [4.78, 5) is 6.50. The molecule has 0 aliphatic rings. The molecule has 2 N–H and O–H groups in total. The number of aliphatic imine (C=N–C) groups is 1. The maximum atomic E-state index is 5.43. The highest BCUT2D eigenvalue weighted by Crippen LogP contribution is 2.17. The van der Waals surface area contributed by atoms with E-state index >= 15 is 0 Å². The predicted octanol–water partition coefficient (Wildman–Crippen LogP) is 1.50. The van der Waals surface area contributed by atoms with Crippen molar-refractivity contribution in [3.05, 3.63) is 35.0 Å². The molecule has 8 heteroatoms. The monoisotopic (exact) mass is 361 g/mol. The zero-order valence-electron chi connectivity index (χ0n) is 16.7. The molecule has 0 radical (unpaired) electrons. The van der Waals surface area contributed by atoms with E-state index in [1.807, 2.05) is 24.1 Å². The van der Waals surface area contributed by atoms with Gasteiger partial charge in [0, 0.05) is 50.9 Å². The zero-order valence-corrected chi connectivity index (χ0v) is 16.7. The number of nitrogens with one attached hydrogen (secondary N) is 2. The fourth-order valence-electron chi connectivity index (χ4n) is 2.93. The van der Waals surface area contributed by atoms with Crippen molar-refractivity contribution in [2.75, 3.05) is 27.7 Å². The molecule has 0 amide bonds. The fraction of sp³-hybridized carbons (Fsp3) is 0.611. The fourth-order valence-corrected chi connectivity index (χ4v) is 2.93. The number of hydrogen-bond donors (Lipinski definition) is 2. The van der Waals surface area contributed by atoms with Gasteiger partial charge in [-0.2, -0.15) is 5.10 Å². The molecule has 144 valence electrons. The van der Waals surface area contributed by atoms with Crippen LogP contribution in [-0.4, -0.2) is 53.5 Å². The number of rotatable bonds is 8. The first-order chi connectivity index (χ1) is 12.5. The molecule has 0 aliphatic heterocycles. The van der Waals surface area contributed by atoms with Gasteiger partial charge in [0.1, 0.15) is 5.76 Å². The molecular formula is C18H31N7O. The summed E-state index contributed by atoms with van der Waals surface area (Å²) in [5, 5.41) is 15.2. The lowest BCUT2D eigenvalue weighted by Gasteiger charge is -2.24. The molecule has 0 fully saturated rings. The number of hydrogen-bond acceptors (Lipinski definition) is 5. The van der Waals surface area contributed by atoms with Crippen molar-refractivity contribution in [1.29, 1.82) is 0 Å². The second-order valence-corrected chi connectivity index (χ2v) is 6.47. The van der Waals surface area contributed by atoms with Crippen molar-refractivity contribution in [3.63, 3.8) is 0 Å². The summed E-state index contributed by atoms with van der Waals surface area (Å²) >= 11 is 0. The molecule has 0 aliphatic carbocycles. The molecule has 26 heavy (non-hydrogen) atoms. The van der Waals surface area contributed by atoms with Gasteiger partial charge in [0.15, 0.2) is 5.96 Å². The first-order valence-electron chi connectivity index (χ1n) is 9.05. The highest BCUT2D eigenvalue weighted by molar-refractivity contribution is 5.79. The summed E-state index contributed by atoms with van der Waals surface area (Å²) in [6, 6.07) is 0.204.